The Hall–Kier alpha value is -0.710. The van der Waals surface area contributed by atoms with Crippen molar-refractivity contribution in [1.29, 1.82) is 5.26 Å². The molecular formula is C16H25NO5. The monoisotopic (exact) mass is 311 g/mol. The minimum absolute atomic E-state index is 0.0302. The highest BCUT2D eigenvalue weighted by Gasteiger charge is 2.55. The summed E-state index contributed by atoms with van der Waals surface area (Å²) >= 11 is 0. The van der Waals surface area contributed by atoms with E-state index < -0.39 is 11.4 Å². The molecule has 22 heavy (non-hydrogen) atoms. The Kier molecular flexibility index (Phi) is 4.45. The molecule has 3 saturated heterocycles. The third-order valence-corrected chi connectivity index (χ3v) is 4.92. The Bertz CT molecular complexity index is 448. The van der Waals surface area contributed by atoms with E-state index in [1.165, 1.54) is 0 Å². The molecular weight excluding hydrogens is 286 g/mol. The summed E-state index contributed by atoms with van der Waals surface area (Å²) in [6.45, 7) is 4.23. The second-order valence-corrected chi connectivity index (χ2v) is 6.97. The first kappa shape index (κ1) is 16.2. The first-order valence-electron chi connectivity index (χ1n) is 8.11. The van der Waals surface area contributed by atoms with E-state index in [-0.39, 0.29) is 31.0 Å². The molecule has 6 nitrogen and oxygen atoms in total. The van der Waals surface area contributed by atoms with Crippen LogP contribution in [-0.2, 0) is 18.9 Å². The van der Waals surface area contributed by atoms with Gasteiger partial charge in [-0.3, -0.25) is 0 Å². The maximum atomic E-state index is 9.92. The average Bonchev–Trinajstić information content (AvgIpc) is 3.05. The number of nitriles is 1. The zero-order valence-electron chi connectivity index (χ0n) is 13.3. The van der Waals surface area contributed by atoms with Crippen LogP contribution in [0.2, 0.25) is 0 Å². The van der Waals surface area contributed by atoms with E-state index in [1.54, 1.807) is 0 Å². The van der Waals surface area contributed by atoms with Crippen LogP contribution >= 0.6 is 0 Å². The van der Waals surface area contributed by atoms with Crippen molar-refractivity contribution in [2.75, 3.05) is 13.2 Å². The minimum Gasteiger partial charge on any atom is -0.393 e. The maximum absolute atomic E-state index is 9.92. The number of rotatable bonds is 4. The summed E-state index contributed by atoms with van der Waals surface area (Å²) in [5.74, 6) is -0.579. The minimum atomic E-state index is -0.654. The van der Waals surface area contributed by atoms with E-state index in [4.69, 9.17) is 24.2 Å². The van der Waals surface area contributed by atoms with Gasteiger partial charge in [-0.05, 0) is 33.1 Å². The third kappa shape index (κ3) is 3.01. The molecule has 0 amide bonds. The molecule has 0 aromatic carbocycles. The standard InChI is InChI=1S/C16H25NO5/c1-15(2)19-9-13(22-15)12-8-16(10-18)14(20-12)6-5-11(21-16)4-3-7-17/h11-14,18H,3-6,8-10H2,1-2H3/t11-,12+,13+,14?,16+/m0/s1. The molecule has 3 fully saturated rings. The van der Waals surface area contributed by atoms with Crippen molar-refractivity contribution in [2.45, 2.75) is 81.8 Å². The molecule has 0 aliphatic carbocycles. The molecule has 1 N–H and O–H groups in total. The first-order chi connectivity index (χ1) is 10.5. The zero-order chi connectivity index (χ0) is 15.8. The topological polar surface area (TPSA) is 80.9 Å². The van der Waals surface area contributed by atoms with Crippen LogP contribution in [0.5, 0.6) is 0 Å². The van der Waals surface area contributed by atoms with E-state index in [2.05, 4.69) is 6.07 Å². The van der Waals surface area contributed by atoms with Crippen molar-refractivity contribution in [3.8, 4) is 6.07 Å². The van der Waals surface area contributed by atoms with Gasteiger partial charge in [0.05, 0.1) is 37.6 Å². The maximum Gasteiger partial charge on any atom is 0.163 e. The van der Waals surface area contributed by atoms with Gasteiger partial charge in [0.2, 0.25) is 0 Å². The van der Waals surface area contributed by atoms with E-state index in [0.717, 1.165) is 12.8 Å². The fourth-order valence-corrected chi connectivity index (χ4v) is 3.79. The summed E-state index contributed by atoms with van der Waals surface area (Å²) in [7, 11) is 0. The van der Waals surface area contributed by atoms with Crippen molar-refractivity contribution in [3.05, 3.63) is 0 Å². The number of nitrogens with zero attached hydrogens (tertiary/aromatic N) is 1. The highest BCUT2D eigenvalue weighted by Crippen LogP contribution is 2.44. The van der Waals surface area contributed by atoms with E-state index in [1.807, 2.05) is 13.8 Å². The molecule has 0 radical (unpaired) electrons. The molecule has 5 atom stereocenters. The zero-order valence-corrected chi connectivity index (χ0v) is 13.3. The van der Waals surface area contributed by atoms with Gasteiger partial charge in [0, 0.05) is 12.8 Å². The highest BCUT2D eigenvalue weighted by atomic mass is 16.8. The summed E-state index contributed by atoms with van der Waals surface area (Å²) in [5, 5.41) is 18.6. The predicted molar refractivity (Wildman–Crippen MR) is 77.0 cm³/mol. The number of hydrogen-bond donors (Lipinski definition) is 1. The molecule has 3 heterocycles. The fourth-order valence-electron chi connectivity index (χ4n) is 3.79. The second kappa shape index (κ2) is 6.06. The van der Waals surface area contributed by atoms with E-state index in [9.17, 15) is 5.11 Å². The molecule has 0 spiro atoms. The van der Waals surface area contributed by atoms with Crippen LogP contribution in [0.3, 0.4) is 0 Å². The third-order valence-electron chi connectivity index (χ3n) is 4.92. The molecule has 0 aromatic heterocycles. The fraction of sp³-hybridized carbons (Fsp3) is 0.938. The van der Waals surface area contributed by atoms with Gasteiger partial charge in [-0.15, -0.1) is 0 Å². The lowest BCUT2D eigenvalue weighted by atomic mass is 9.86. The van der Waals surface area contributed by atoms with Crippen LogP contribution in [0.15, 0.2) is 0 Å². The van der Waals surface area contributed by atoms with Crippen LogP contribution in [0.1, 0.15) is 46.0 Å². The van der Waals surface area contributed by atoms with Crippen molar-refractivity contribution in [1.82, 2.24) is 0 Å². The molecule has 6 heteroatoms. The lowest BCUT2D eigenvalue weighted by Crippen LogP contribution is -2.51. The van der Waals surface area contributed by atoms with Crippen LogP contribution in [0.4, 0.5) is 0 Å². The van der Waals surface area contributed by atoms with Crippen LogP contribution in [0.25, 0.3) is 0 Å². The van der Waals surface area contributed by atoms with Gasteiger partial charge in [-0.2, -0.15) is 5.26 Å². The largest absolute Gasteiger partial charge is 0.393 e. The normalized spacial score (nSPS) is 43.7. The molecule has 1 unspecified atom stereocenters. The quantitative estimate of drug-likeness (QED) is 0.847. The Morgan fingerprint density at radius 1 is 1.23 bits per heavy atom. The lowest BCUT2D eigenvalue weighted by molar-refractivity contribution is -0.187. The smallest absolute Gasteiger partial charge is 0.163 e. The molecule has 0 bridgehead atoms. The van der Waals surface area contributed by atoms with Crippen molar-refractivity contribution < 1.29 is 24.1 Å². The average molecular weight is 311 g/mol. The summed E-state index contributed by atoms with van der Waals surface area (Å²) in [6, 6.07) is 2.16. The van der Waals surface area contributed by atoms with Crippen molar-refractivity contribution in [2.24, 2.45) is 0 Å². The van der Waals surface area contributed by atoms with Crippen LogP contribution < -0.4 is 0 Å². The summed E-state index contributed by atoms with van der Waals surface area (Å²) in [6.07, 6.45) is 3.22. The highest BCUT2D eigenvalue weighted by molar-refractivity contribution is 5.03. The van der Waals surface area contributed by atoms with E-state index >= 15 is 0 Å². The summed E-state index contributed by atoms with van der Waals surface area (Å²) in [4.78, 5) is 0. The Morgan fingerprint density at radius 2 is 2.05 bits per heavy atom. The van der Waals surface area contributed by atoms with Crippen LogP contribution in [0, 0.1) is 11.3 Å². The summed E-state index contributed by atoms with van der Waals surface area (Å²) in [5.41, 5.74) is -0.654. The van der Waals surface area contributed by atoms with Crippen molar-refractivity contribution >= 4 is 0 Å². The molecule has 3 aliphatic heterocycles. The SMILES string of the molecule is CC1(C)OC[C@H]([C@H]2C[C@]3(CO)O[C@@H](CCC#N)CCC3O2)O1. The number of hydrogen-bond acceptors (Lipinski definition) is 6. The predicted octanol–water partition coefficient (Wildman–Crippen LogP) is 1.51. The Labute approximate surface area is 131 Å². The van der Waals surface area contributed by atoms with Gasteiger partial charge in [0.25, 0.3) is 0 Å². The lowest BCUT2D eigenvalue weighted by Gasteiger charge is -2.40. The molecule has 0 saturated carbocycles. The van der Waals surface area contributed by atoms with Crippen molar-refractivity contribution in [3.63, 3.8) is 0 Å². The second-order valence-electron chi connectivity index (χ2n) is 6.97. The van der Waals surface area contributed by atoms with Crippen LogP contribution in [-0.4, -0.2) is 54.1 Å². The summed E-state index contributed by atoms with van der Waals surface area (Å²) < 4.78 is 23.8. The molecule has 3 rings (SSSR count). The van der Waals surface area contributed by atoms with E-state index in [0.29, 0.717) is 25.9 Å². The van der Waals surface area contributed by atoms with Gasteiger partial charge in [0.15, 0.2) is 5.79 Å². The van der Waals surface area contributed by atoms with Gasteiger partial charge in [-0.25, -0.2) is 0 Å². The number of ether oxygens (including phenoxy) is 4. The van der Waals surface area contributed by atoms with Gasteiger partial charge in [0.1, 0.15) is 11.7 Å². The molecule has 3 aliphatic rings. The number of fused-ring (bicyclic) bond motifs is 1. The van der Waals surface area contributed by atoms with Gasteiger partial charge >= 0.3 is 0 Å². The first-order valence-corrected chi connectivity index (χ1v) is 8.11. The van der Waals surface area contributed by atoms with Gasteiger partial charge in [-0.1, -0.05) is 0 Å². The molecule has 0 aromatic rings. The molecule has 124 valence electrons. The Balaban J connectivity index is 1.66. The number of aliphatic hydroxyl groups is 1. The Morgan fingerprint density at radius 3 is 2.68 bits per heavy atom. The van der Waals surface area contributed by atoms with Gasteiger partial charge < -0.3 is 24.1 Å². The number of aliphatic hydroxyl groups excluding tert-OH is 1.